The lowest BCUT2D eigenvalue weighted by Gasteiger charge is -2.17. The van der Waals surface area contributed by atoms with E-state index >= 15 is 0 Å². The summed E-state index contributed by atoms with van der Waals surface area (Å²) in [4.78, 5) is 15.7. The minimum absolute atomic E-state index is 0.403. The summed E-state index contributed by atoms with van der Waals surface area (Å²) in [7, 11) is 3.12. The van der Waals surface area contributed by atoms with Crippen LogP contribution in [0, 0.1) is 0 Å². The van der Waals surface area contributed by atoms with E-state index in [2.05, 4.69) is 4.98 Å². The van der Waals surface area contributed by atoms with Crippen LogP contribution in [-0.4, -0.2) is 30.8 Å². The zero-order chi connectivity index (χ0) is 15.2. The van der Waals surface area contributed by atoms with Crippen LogP contribution in [0.15, 0.2) is 24.4 Å². The molecule has 0 aliphatic heterocycles. The number of nitrogens with zero attached hydrogens (tertiary/aromatic N) is 1. The van der Waals surface area contributed by atoms with Gasteiger partial charge in [-0.2, -0.15) is 0 Å². The number of aromatic nitrogens is 1. The van der Waals surface area contributed by atoms with Crippen molar-refractivity contribution in [2.45, 2.75) is 32.7 Å². The van der Waals surface area contributed by atoms with Crippen molar-refractivity contribution in [3.8, 4) is 0 Å². The highest BCUT2D eigenvalue weighted by atomic mass is 16.7. The molecule has 0 saturated heterocycles. The first-order valence-electron chi connectivity index (χ1n) is 6.28. The van der Waals surface area contributed by atoms with Gasteiger partial charge in [0.25, 0.3) is 0 Å². The van der Waals surface area contributed by atoms with Crippen LogP contribution in [0.3, 0.4) is 0 Å². The molecule has 5 heteroatoms. The van der Waals surface area contributed by atoms with Gasteiger partial charge in [0.1, 0.15) is 5.60 Å². The maximum absolute atomic E-state index is 11.6. The van der Waals surface area contributed by atoms with Gasteiger partial charge in [-0.25, -0.2) is 4.79 Å². The second-order valence-corrected chi connectivity index (χ2v) is 5.18. The van der Waals surface area contributed by atoms with Crippen molar-refractivity contribution < 1.29 is 19.0 Å². The van der Waals surface area contributed by atoms with Gasteiger partial charge in [0.05, 0.1) is 5.69 Å². The second-order valence-electron chi connectivity index (χ2n) is 5.18. The van der Waals surface area contributed by atoms with Gasteiger partial charge in [-0.3, -0.25) is 4.98 Å². The third kappa shape index (κ3) is 5.50. The molecule has 0 radical (unpaired) electrons. The van der Waals surface area contributed by atoms with E-state index in [1.807, 2.05) is 20.8 Å². The number of methoxy groups -OCH3 is 2. The molecular weight excluding hydrogens is 258 g/mol. The molecule has 1 heterocycles. The van der Waals surface area contributed by atoms with Crippen molar-refractivity contribution in [3.63, 3.8) is 0 Å². The minimum atomic E-state index is -0.506. The van der Waals surface area contributed by atoms with E-state index in [4.69, 9.17) is 14.2 Å². The van der Waals surface area contributed by atoms with E-state index in [0.29, 0.717) is 5.69 Å². The van der Waals surface area contributed by atoms with Crippen molar-refractivity contribution in [3.05, 3.63) is 35.7 Å². The van der Waals surface area contributed by atoms with Crippen molar-refractivity contribution in [2.24, 2.45) is 0 Å². The number of esters is 1. The standard InChI is InChI=1S/C15H21NO4/c1-15(2,3)20-13(17)7-6-12-10-11(8-9-16-12)14(18-4)19-5/h6-10,14H,1-5H3/b7-6+. The number of carbonyl (C=O) groups excluding carboxylic acids is 1. The molecule has 0 saturated carbocycles. The first-order valence-corrected chi connectivity index (χ1v) is 6.28. The highest BCUT2D eigenvalue weighted by Crippen LogP contribution is 2.17. The average molecular weight is 279 g/mol. The molecule has 0 unspecified atom stereocenters. The Morgan fingerprint density at radius 3 is 2.50 bits per heavy atom. The molecular formula is C15H21NO4. The Labute approximate surface area is 119 Å². The van der Waals surface area contributed by atoms with Gasteiger partial charge in [0, 0.05) is 32.1 Å². The van der Waals surface area contributed by atoms with Crippen LogP contribution in [-0.2, 0) is 19.0 Å². The molecule has 0 amide bonds. The van der Waals surface area contributed by atoms with Crippen molar-refractivity contribution in [1.29, 1.82) is 0 Å². The Bertz CT molecular complexity index is 473. The molecule has 0 aliphatic rings. The summed E-state index contributed by atoms with van der Waals surface area (Å²) < 4.78 is 15.5. The van der Waals surface area contributed by atoms with Crippen LogP contribution in [0.4, 0.5) is 0 Å². The molecule has 0 atom stereocenters. The number of ether oxygens (including phenoxy) is 3. The Kier molecular flexibility index (Phi) is 5.85. The number of hydrogen-bond donors (Lipinski definition) is 0. The summed E-state index contributed by atoms with van der Waals surface area (Å²) in [6.45, 7) is 5.46. The van der Waals surface area contributed by atoms with Gasteiger partial charge >= 0.3 is 5.97 Å². The van der Waals surface area contributed by atoms with Gasteiger partial charge in [0.15, 0.2) is 6.29 Å². The maximum Gasteiger partial charge on any atom is 0.331 e. The summed E-state index contributed by atoms with van der Waals surface area (Å²) in [5.74, 6) is -0.403. The summed E-state index contributed by atoms with van der Waals surface area (Å²) in [6, 6.07) is 3.58. The molecule has 110 valence electrons. The van der Waals surface area contributed by atoms with Gasteiger partial charge in [0.2, 0.25) is 0 Å². The Morgan fingerprint density at radius 1 is 1.30 bits per heavy atom. The number of rotatable bonds is 5. The molecule has 0 aromatic carbocycles. The molecule has 5 nitrogen and oxygen atoms in total. The number of carbonyl (C=O) groups is 1. The zero-order valence-corrected chi connectivity index (χ0v) is 12.5. The zero-order valence-electron chi connectivity index (χ0n) is 12.5. The summed E-state index contributed by atoms with van der Waals surface area (Å²) in [5, 5.41) is 0. The highest BCUT2D eigenvalue weighted by molar-refractivity contribution is 5.87. The van der Waals surface area contributed by atoms with E-state index in [1.54, 1.807) is 38.6 Å². The van der Waals surface area contributed by atoms with Crippen LogP contribution < -0.4 is 0 Å². The summed E-state index contributed by atoms with van der Waals surface area (Å²) in [5.41, 5.74) is 0.953. The van der Waals surface area contributed by atoms with E-state index < -0.39 is 17.9 Å². The van der Waals surface area contributed by atoms with E-state index in [0.717, 1.165) is 5.56 Å². The fraction of sp³-hybridized carbons (Fsp3) is 0.467. The van der Waals surface area contributed by atoms with E-state index in [9.17, 15) is 4.79 Å². The van der Waals surface area contributed by atoms with Gasteiger partial charge in [-0.05, 0) is 39.0 Å². The molecule has 0 fully saturated rings. The monoisotopic (exact) mass is 279 g/mol. The highest BCUT2D eigenvalue weighted by Gasteiger charge is 2.14. The third-order valence-corrected chi connectivity index (χ3v) is 2.30. The van der Waals surface area contributed by atoms with Crippen molar-refractivity contribution in [1.82, 2.24) is 4.98 Å². The van der Waals surface area contributed by atoms with Crippen LogP contribution in [0.25, 0.3) is 6.08 Å². The number of pyridine rings is 1. The number of hydrogen-bond acceptors (Lipinski definition) is 5. The molecule has 0 N–H and O–H groups in total. The van der Waals surface area contributed by atoms with Crippen LogP contribution in [0.5, 0.6) is 0 Å². The van der Waals surface area contributed by atoms with Gasteiger partial charge in [-0.15, -0.1) is 0 Å². The molecule has 0 bridgehead atoms. The van der Waals surface area contributed by atoms with E-state index in [1.165, 1.54) is 6.08 Å². The average Bonchev–Trinajstić information content (AvgIpc) is 2.36. The van der Waals surface area contributed by atoms with Crippen molar-refractivity contribution in [2.75, 3.05) is 14.2 Å². The maximum atomic E-state index is 11.6. The molecule has 0 spiro atoms. The van der Waals surface area contributed by atoms with Gasteiger partial charge in [-0.1, -0.05) is 0 Å². The minimum Gasteiger partial charge on any atom is -0.457 e. The lowest BCUT2D eigenvalue weighted by atomic mass is 10.2. The van der Waals surface area contributed by atoms with Crippen molar-refractivity contribution >= 4 is 12.0 Å². The predicted octanol–water partition coefficient (Wildman–Crippen LogP) is 2.73. The molecule has 1 aromatic heterocycles. The lowest BCUT2D eigenvalue weighted by Crippen LogP contribution is -2.22. The third-order valence-electron chi connectivity index (χ3n) is 2.30. The van der Waals surface area contributed by atoms with Crippen LogP contribution >= 0.6 is 0 Å². The van der Waals surface area contributed by atoms with Crippen LogP contribution in [0.1, 0.15) is 38.3 Å². The largest absolute Gasteiger partial charge is 0.457 e. The molecule has 0 aliphatic carbocycles. The Hall–Kier alpha value is -1.72. The SMILES string of the molecule is COC(OC)c1ccnc(/C=C/C(=O)OC(C)(C)C)c1. The Balaban J connectivity index is 2.78. The van der Waals surface area contributed by atoms with Crippen LogP contribution in [0.2, 0.25) is 0 Å². The van der Waals surface area contributed by atoms with Gasteiger partial charge < -0.3 is 14.2 Å². The Morgan fingerprint density at radius 2 is 1.95 bits per heavy atom. The normalized spacial score (nSPS) is 12.1. The topological polar surface area (TPSA) is 57.7 Å². The molecule has 20 heavy (non-hydrogen) atoms. The lowest BCUT2D eigenvalue weighted by molar-refractivity contribution is -0.148. The van der Waals surface area contributed by atoms with E-state index in [-0.39, 0.29) is 0 Å². The summed E-state index contributed by atoms with van der Waals surface area (Å²) in [6.07, 6.45) is 4.13. The first kappa shape index (κ1) is 16.3. The fourth-order valence-electron chi connectivity index (χ4n) is 1.56. The quantitative estimate of drug-likeness (QED) is 0.471. The summed E-state index contributed by atoms with van der Waals surface area (Å²) >= 11 is 0. The molecule has 1 aromatic rings. The predicted molar refractivity (Wildman–Crippen MR) is 75.9 cm³/mol. The fourth-order valence-corrected chi connectivity index (χ4v) is 1.56. The second kappa shape index (κ2) is 7.17. The smallest absolute Gasteiger partial charge is 0.331 e. The molecule has 1 rings (SSSR count). The first-order chi connectivity index (χ1) is 9.35.